The number of amides is 1. The maximum Gasteiger partial charge on any atom is 0.416 e. The quantitative estimate of drug-likeness (QED) is 0.525. The van der Waals surface area contributed by atoms with Crippen LogP contribution in [0.25, 0.3) is 0 Å². The zero-order chi connectivity index (χ0) is 22.1. The van der Waals surface area contributed by atoms with Crippen molar-refractivity contribution in [3.63, 3.8) is 0 Å². The minimum atomic E-state index is -4.65. The number of nitro groups is 1. The van der Waals surface area contributed by atoms with E-state index < -0.39 is 22.4 Å². The molecule has 160 valence electrons. The number of aryl methyl sites for hydroxylation is 1. The van der Waals surface area contributed by atoms with E-state index in [0.29, 0.717) is 32.0 Å². The normalized spacial score (nSPS) is 15.2. The van der Waals surface area contributed by atoms with Gasteiger partial charge in [0.05, 0.1) is 10.5 Å². The SMILES string of the molecule is Cc1cccc(N(C)C(=O)C2CCN(c3ccc(C(F)(F)F)cc3[N+](=O)[O-])CC2)c1. The molecule has 6 nitrogen and oxygen atoms in total. The van der Waals surface area contributed by atoms with Gasteiger partial charge in [0, 0.05) is 37.8 Å². The minimum Gasteiger partial charge on any atom is -0.366 e. The van der Waals surface area contributed by atoms with Crippen LogP contribution in [0.15, 0.2) is 42.5 Å². The molecular weight excluding hydrogens is 399 g/mol. The lowest BCUT2D eigenvalue weighted by molar-refractivity contribution is -0.384. The van der Waals surface area contributed by atoms with Gasteiger partial charge in [-0.1, -0.05) is 12.1 Å². The highest BCUT2D eigenvalue weighted by molar-refractivity contribution is 5.94. The highest BCUT2D eigenvalue weighted by atomic mass is 19.4. The molecule has 0 atom stereocenters. The number of nitrogens with zero attached hydrogens (tertiary/aromatic N) is 3. The van der Waals surface area contributed by atoms with Crippen molar-refractivity contribution < 1.29 is 22.9 Å². The van der Waals surface area contributed by atoms with Gasteiger partial charge in [-0.2, -0.15) is 13.2 Å². The van der Waals surface area contributed by atoms with E-state index in [2.05, 4.69) is 0 Å². The third-order valence-electron chi connectivity index (χ3n) is 5.40. The van der Waals surface area contributed by atoms with Gasteiger partial charge in [-0.25, -0.2) is 0 Å². The first-order valence-corrected chi connectivity index (χ1v) is 9.52. The van der Waals surface area contributed by atoms with E-state index in [1.807, 2.05) is 31.2 Å². The monoisotopic (exact) mass is 421 g/mol. The summed E-state index contributed by atoms with van der Waals surface area (Å²) >= 11 is 0. The smallest absolute Gasteiger partial charge is 0.366 e. The van der Waals surface area contributed by atoms with Gasteiger partial charge in [0.15, 0.2) is 0 Å². The lowest BCUT2D eigenvalue weighted by Crippen LogP contribution is -2.41. The van der Waals surface area contributed by atoms with Gasteiger partial charge in [0.25, 0.3) is 5.69 Å². The van der Waals surface area contributed by atoms with Crippen molar-refractivity contribution in [1.29, 1.82) is 0 Å². The number of halogens is 3. The van der Waals surface area contributed by atoms with Gasteiger partial charge >= 0.3 is 6.18 Å². The Morgan fingerprint density at radius 1 is 1.17 bits per heavy atom. The van der Waals surface area contributed by atoms with Crippen molar-refractivity contribution in [3.05, 3.63) is 63.7 Å². The maximum atomic E-state index is 12.9. The van der Waals surface area contributed by atoms with E-state index in [1.165, 1.54) is 0 Å². The molecule has 0 saturated carbocycles. The average molecular weight is 421 g/mol. The molecular formula is C21H22F3N3O3. The number of hydrogen-bond donors (Lipinski definition) is 0. The molecule has 0 aromatic heterocycles. The second kappa shape index (κ2) is 8.33. The van der Waals surface area contributed by atoms with E-state index in [0.717, 1.165) is 23.4 Å². The molecule has 2 aromatic carbocycles. The summed E-state index contributed by atoms with van der Waals surface area (Å²) in [6.45, 7) is 2.64. The Kier molecular flexibility index (Phi) is 6.00. The molecule has 2 aromatic rings. The number of rotatable bonds is 4. The van der Waals surface area contributed by atoms with Crippen LogP contribution in [0, 0.1) is 23.0 Å². The molecule has 0 radical (unpaired) electrons. The largest absolute Gasteiger partial charge is 0.416 e. The van der Waals surface area contributed by atoms with Crippen molar-refractivity contribution in [2.24, 2.45) is 5.92 Å². The van der Waals surface area contributed by atoms with Crippen molar-refractivity contribution in [3.8, 4) is 0 Å². The van der Waals surface area contributed by atoms with Crippen LogP contribution in [0.2, 0.25) is 0 Å². The van der Waals surface area contributed by atoms with E-state index >= 15 is 0 Å². The summed E-state index contributed by atoms with van der Waals surface area (Å²) in [4.78, 5) is 26.7. The van der Waals surface area contributed by atoms with Crippen LogP contribution >= 0.6 is 0 Å². The van der Waals surface area contributed by atoms with Gasteiger partial charge in [-0.05, 0) is 49.6 Å². The summed E-state index contributed by atoms with van der Waals surface area (Å²) < 4.78 is 38.7. The lowest BCUT2D eigenvalue weighted by Gasteiger charge is -2.34. The zero-order valence-corrected chi connectivity index (χ0v) is 16.6. The number of benzene rings is 2. The summed E-state index contributed by atoms with van der Waals surface area (Å²) in [6, 6.07) is 10.1. The number of anilines is 2. The van der Waals surface area contributed by atoms with Crippen LogP contribution < -0.4 is 9.80 Å². The summed E-state index contributed by atoms with van der Waals surface area (Å²) in [6.07, 6.45) is -3.72. The van der Waals surface area contributed by atoms with Crippen LogP contribution in [0.3, 0.4) is 0 Å². The van der Waals surface area contributed by atoms with Crippen molar-refractivity contribution in [1.82, 2.24) is 0 Å². The molecule has 1 aliphatic rings. The molecule has 0 N–H and O–H groups in total. The Hall–Kier alpha value is -3.10. The Morgan fingerprint density at radius 2 is 1.83 bits per heavy atom. The van der Waals surface area contributed by atoms with E-state index in [1.54, 1.807) is 16.8 Å². The Labute approximate surface area is 172 Å². The number of carbonyl (C=O) groups excluding carboxylic acids is 1. The summed E-state index contributed by atoms with van der Waals surface area (Å²) in [5.41, 5.74) is 0.345. The van der Waals surface area contributed by atoms with Crippen LogP contribution in [0.5, 0.6) is 0 Å². The maximum absolute atomic E-state index is 12.9. The molecule has 1 aliphatic heterocycles. The summed E-state index contributed by atoms with van der Waals surface area (Å²) in [5, 5.41) is 11.3. The summed E-state index contributed by atoms with van der Waals surface area (Å²) in [7, 11) is 1.71. The number of alkyl halides is 3. The Bertz CT molecular complexity index is 954. The van der Waals surface area contributed by atoms with Crippen molar-refractivity contribution in [2.45, 2.75) is 25.9 Å². The molecule has 0 bridgehead atoms. The topological polar surface area (TPSA) is 66.7 Å². The van der Waals surface area contributed by atoms with Crippen LogP contribution in [0.1, 0.15) is 24.0 Å². The van der Waals surface area contributed by atoms with Crippen LogP contribution in [0.4, 0.5) is 30.2 Å². The molecule has 1 amide bonds. The fourth-order valence-electron chi connectivity index (χ4n) is 3.72. The van der Waals surface area contributed by atoms with E-state index in [4.69, 9.17) is 0 Å². The fourth-order valence-corrected chi connectivity index (χ4v) is 3.72. The lowest BCUT2D eigenvalue weighted by atomic mass is 9.94. The molecule has 0 unspecified atom stereocenters. The van der Waals surface area contributed by atoms with Gasteiger partial charge in [-0.15, -0.1) is 0 Å². The number of piperidine rings is 1. The molecule has 1 fully saturated rings. The third-order valence-corrected chi connectivity index (χ3v) is 5.40. The molecule has 1 saturated heterocycles. The van der Waals surface area contributed by atoms with Crippen LogP contribution in [-0.2, 0) is 11.0 Å². The van der Waals surface area contributed by atoms with Gasteiger partial charge in [0.1, 0.15) is 5.69 Å². The minimum absolute atomic E-state index is 0.0397. The Balaban J connectivity index is 1.72. The second-order valence-corrected chi connectivity index (χ2v) is 7.46. The highest BCUT2D eigenvalue weighted by Crippen LogP contribution is 2.38. The first kappa shape index (κ1) is 21.6. The average Bonchev–Trinajstić information content (AvgIpc) is 2.71. The van der Waals surface area contributed by atoms with Crippen molar-refractivity contribution >= 4 is 23.0 Å². The third kappa shape index (κ3) is 4.55. The highest BCUT2D eigenvalue weighted by Gasteiger charge is 2.35. The molecule has 30 heavy (non-hydrogen) atoms. The predicted molar refractivity (Wildman–Crippen MR) is 108 cm³/mol. The van der Waals surface area contributed by atoms with Crippen LogP contribution in [-0.4, -0.2) is 31.0 Å². The second-order valence-electron chi connectivity index (χ2n) is 7.46. The standard InChI is InChI=1S/C21H22F3N3O3/c1-14-4-3-5-17(12-14)25(2)20(28)15-8-10-26(11-9-15)18-7-6-16(21(22,23)24)13-19(18)27(29)30/h3-7,12-13,15H,8-11H2,1-2H3. The molecule has 3 rings (SSSR count). The molecule has 9 heteroatoms. The molecule has 0 aliphatic carbocycles. The van der Waals surface area contributed by atoms with E-state index in [9.17, 15) is 28.1 Å². The first-order chi connectivity index (χ1) is 14.1. The fraction of sp³-hybridized carbons (Fsp3) is 0.381. The first-order valence-electron chi connectivity index (χ1n) is 9.52. The summed E-state index contributed by atoms with van der Waals surface area (Å²) in [5.74, 6) is -0.289. The van der Waals surface area contributed by atoms with Gasteiger partial charge in [-0.3, -0.25) is 14.9 Å². The van der Waals surface area contributed by atoms with Gasteiger partial charge in [0.2, 0.25) is 5.91 Å². The van der Waals surface area contributed by atoms with Crippen molar-refractivity contribution in [2.75, 3.05) is 29.9 Å². The number of carbonyl (C=O) groups is 1. The molecule has 1 heterocycles. The zero-order valence-electron chi connectivity index (χ0n) is 16.6. The van der Waals surface area contributed by atoms with Gasteiger partial charge < -0.3 is 9.80 Å². The predicted octanol–water partition coefficient (Wildman–Crippen LogP) is 4.80. The number of hydrogen-bond acceptors (Lipinski definition) is 4. The van der Waals surface area contributed by atoms with E-state index in [-0.39, 0.29) is 17.5 Å². The number of nitro benzene ring substituents is 1. The Morgan fingerprint density at radius 3 is 2.40 bits per heavy atom. The molecule has 0 spiro atoms.